The number of carbonyl (C=O) groups excluding carboxylic acids is 1. The molecule has 0 aliphatic carbocycles. The average molecular weight is 394 g/mol. The third-order valence-electron chi connectivity index (χ3n) is 5.59. The molecule has 3 rings (SSSR count). The van der Waals surface area contributed by atoms with Crippen molar-refractivity contribution in [3.63, 3.8) is 0 Å². The second-order valence-corrected chi connectivity index (χ2v) is 7.56. The monoisotopic (exact) mass is 393 g/mol. The summed E-state index contributed by atoms with van der Waals surface area (Å²) in [6, 6.07) is 14.2. The first-order chi connectivity index (χ1) is 14.0. The van der Waals surface area contributed by atoms with E-state index in [-0.39, 0.29) is 11.9 Å². The van der Waals surface area contributed by atoms with Crippen LogP contribution in [0.5, 0.6) is 5.75 Å². The molecule has 1 amide bonds. The van der Waals surface area contributed by atoms with Gasteiger partial charge in [-0.15, -0.1) is 0 Å². The summed E-state index contributed by atoms with van der Waals surface area (Å²) in [5.41, 5.74) is 5.53. The maximum Gasteiger partial charge on any atom is 0.257 e. The van der Waals surface area contributed by atoms with Crippen LogP contribution in [0.1, 0.15) is 48.6 Å². The maximum atomic E-state index is 13.2. The fraction of sp³-hybridized carbons (Fsp3) is 0.417. The smallest absolute Gasteiger partial charge is 0.257 e. The Morgan fingerprint density at radius 1 is 1.17 bits per heavy atom. The summed E-state index contributed by atoms with van der Waals surface area (Å²) >= 11 is 0. The number of rotatable bonds is 7. The minimum absolute atomic E-state index is 0.0290. The van der Waals surface area contributed by atoms with Gasteiger partial charge in [0.1, 0.15) is 5.75 Å². The molecule has 1 atom stereocenters. The number of aryl methyl sites for hydroxylation is 2. The summed E-state index contributed by atoms with van der Waals surface area (Å²) in [6.45, 7) is 10.4. The van der Waals surface area contributed by atoms with Gasteiger partial charge in [0, 0.05) is 12.0 Å². The van der Waals surface area contributed by atoms with Gasteiger partial charge in [-0.1, -0.05) is 49.7 Å². The van der Waals surface area contributed by atoms with Crippen molar-refractivity contribution in [2.75, 3.05) is 26.7 Å². The van der Waals surface area contributed by atoms with Crippen LogP contribution in [-0.4, -0.2) is 48.3 Å². The van der Waals surface area contributed by atoms with E-state index in [0.717, 1.165) is 35.7 Å². The number of hydrogen-bond donors (Lipinski definition) is 0. The SMILES string of the molecule is CCN(CC)CC(=O)N1N=C(c2ccc(C)cc2C)CC1c1cccc(OC)c1. The van der Waals surface area contributed by atoms with Crippen LogP contribution in [-0.2, 0) is 4.79 Å². The molecule has 5 heteroatoms. The van der Waals surface area contributed by atoms with Crippen LogP contribution in [0.2, 0.25) is 0 Å². The summed E-state index contributed by atoms with van der Waals surface area (Å²) in [7, 11) is 1.66. The molecule has 1 heterocycles. The first-order valence-corrected chi connectivity index (χ1v) is 10.3. The minimum atomic E-state index is -0.121. The molecule has 29 heavy (non-hydrogen) atoms. The van der Waals surface area contributed by atoms with Crippen molar-refractivity contribution in [1.82, 2.24) is 9.91 Å². The molecule has 5 nitrogen and oxygen atoms in total. The maximum absolute atomic E-state index is 13.2. The number of hydrazone groups is 1. The van der Waals surface area contributed by atoms with E-state index in [1.807, 2.05) is 24.3 Å². The number of nitrogens with zero attached hydrogens (tertiary/aromatic N) is 3. The molecule has 1 unspecified atom stereocenters. The van der Waals surface area contributed by atoms with Gasteiger partial charge in [0.15, 0.2) is 0 Å². The fourth-order valence-corrected chi connectivity index (χ4v) is 3.86. The molecule has 0 fully saturated rings. The summed E-state index contributed by atoms with van der Waals surface area (Å²) in [6.07, 6.45) is 0.695. The number of methoxy groups -OCH3 is 1. The molecular formula is C24H31N3O2. The van der Waals surface area contributed by atoms with E-state index in [1.54, 1.807) is 12.1 Å². The van der Waals surface area contributed by atoms with E-state index in [4.69, 9.17) is 9.84 Å². The van der Waals surface area contributed by atoms with Gasteiger partial charge in [0.25, 0.3) is 5.91 Å². The molecule has 0 spiro atoms. The van der Waals surface area contributed by atoms with Gasteiger partial charge in [0.2, 0.25) is 0 Å². The Morgan fingerprint density at radius 2 is 1.93 bits per heavy atom. The van der Waals surface area contributed by atoms with Gasteiger partial charge >= 0.3 is 0 Å². The molecule has 2 aromatic rings. The first-order valence-electron chi connectivity index (χ1n) is 10.3. The van der Waals surface area contributed by atoms with Crippen molar-refractivity contribution in [2.24, 2.45) is 5.10 Å². The van der Waals surface area contributed by atoms with E-state index in [0.29, 0.717) is 13.0 Å². The molecule has 0 saturated carbocycles. The highest BCUT2D eigenvalue weighted by Gasteiger charge is 2.34. The van der Waals surface area contributed by atoms with Gasteiger partial charge < -0.3 is 4.74 Å². The lowest BCUT2D eigenvalue weighted by molar-refractivity contribution is -0.134. The Labute approximate surface area is 174 Å². The summed E-state index contributed by atoms with van der Waals surface area (Å²) in [5, 5.41) is 6.50. The largest absolute Gasteiger partial charge is 0.497 e. The molecule has 1 aliphatic rings. The molecule has 0 saturated heterocycles. The summed E-state index contributed by atoms with van der Waals surface area (Å²) in [5.74, 6) is 0.819. The average Bonchev–Trinajstić information content (AvgIpc) is 3.17. The van der Waals surface area contributed by atoms with Gasteiger partial charge in [0.05, 0.1) is 25.4 Å². The van der Waals surface area contributed by atoms with Crippen LogP contribution in [0.4, 0.5) is 0 Å². The third-order valence-corrected chi connectivity index (χ3v) is 5.59. The van der Waals surface area contributed by atoms with Crippen LogP contribution in [0.25, 0.3) is 0 Å². The molecule has 0 radical (unpaired) electrons. The zero-order valence-electron chi connectivity index (χ0n) is 18.1. The van der Waals surface area contributed by atoms with E-state index >= 15 is 0 Å². The topological polar surface area (TPSA) is 45.1 Å². The van der Waals surface area contributed by atoms with Crippen molar-refractivity contribution in [2.45, 2.75) is 40.2 Å². The summed E-state index contributed by atoms with van der Waals surface area (Å²) in [4.78, 5) is 15.3. The first kappa shape index (κ1) is 21.1. The Morgan fingerprint density at radius 3 is 2.59 bits per heavy atom. The second-order valence-electron chi connectivity index (χ2n) is 7.56. The predicted molar refractivity (Wildman–Crippen MR) is 117 cm³/mol. The lowest BCUT2D eigenvalue weighted by Crippen LogP contribution is -2.38. The van der Waals surface area contributed by atoms with Crippen molar-refractivity contribution in [1.29, 1.82) is 0 Å². The number of likely N-dealkylation sites (N-methyl/N-ethyl adjacent to an activating group) is 1. The molecular weight excluding hydrogens is 362 g/mol. The zero-order valence-corrected chi connectivity index (χ0v) is 18.1. The van der Waals surface area contributed by atoms with Gasteiger partial charge in [-0.05, 0) is 50.2 Å². The van der Waals surface area contributed by atoms with E-state index in [2.05, 4.69) is 50.8 Å². The Bertz CT molecular complexity index is 903. The Kier molecular flexibility index (Phi) is 6.70. The highest BCUT2D eigenvalue weighted by Crippen LogP contribution is 2.35. The van der Waals surface area contributed by atoms with Gasteiger partial charge in [-0.3, -0.25) is 9.69 Å². The van der Waals surface area contributed by atoms with Crippen LogP contribution >= 0.6 is 0 Å². The second kappa shape index (κ2) is 9.23. The standard InChI is InChI=1S/C24H31N3O2/c1-6-26(7-2)16-24(28)27-23(19-9-8-10-20(14-19)29-5)15-22(25-27)21-12-11-17(3)13-18(21)4/h8-14,23H,6-7,15-16H2,1-5H3. The predicted octanol–water partition coefficient (Wildman–Crippen LogP) is 4.33. The van der Waals surface area contributed by atoms with Crippen LogP contribution < -0.4 is 4.74 Å². The van der Waals surface area contributed by atoms with Gasteiger partial charge in [-0.2, -0.15) is 5.10 Å². The zero-order chi connectivity index (χ0) is 21.0. The lowest BCUT2D eigenvalue weighted by atomic mass is 9.95. The summed E-state index contributed by atoms with van der Waals surface area (Å²) < 4.78 is 5.40. The number of carbonyl (C=O) groups is 1. The highest BCUT2D eigenvalue weighted by molar-refractivity contribution is 6.04. The number of benzene rings is 2. The van der Waals surface area contributed by atoms with E-state index < -0.39 is 0 Å². The molecule has 0 N–H and O–H groups in total. The van der Waals surface area contributed by atoms with Crippen molar-refractivity contribution >= 4 is 11.6 Å². The fourth-order valence-electron chi connectivity index (χ4n) is 3.86. The highest BCUT2D eigenvalue weighted by atomic mass is 16.5. The lowest BCUT2D eigenvalue weighted by Gasteiger charge is -2.25. The molecule has 1 aliphatic heterocycles. The van der Waals surface area contributed by atoms with E-state index in [1.165, 1.54) is 11.1 Å². The number of ether oxygens (including phenoxy) is 1. The van der Waals surface area contributed by atoms with Crippen LogP contribution in [0, 0.1) is 13.8 Å². The molecule has 0 bridgehead atoms. The molecule has 0 aromatic heterocycles. The minimum Gasteiger partial charge on any atom is -0.497 e. The number of hydrogen-bond acceptors (Lipinski definition) is 4. The third kappa shape index (κ3) is 4.67. The molecule has 154 valence electrons. The van der Waals surface area contributed by atoms with Crippen molar-refractivity contribution in [3.05, 3.63) is 64.7 Å². The van der Waals surface area contributed by atoms with Gasteiger partial charge in [-0.25, -0.2) is 5.01 Å². The molecule has 2 aromatic carbocycles. The normalized spacial score (nSPS) is 16.3. The van der Waals surface area contributed by atoms with Crippen LogP contribution in [0.15, 0.2) is 47.6 Å². The van der Waals surface area contributed by atoms with Crippen molar-refractivity contribution in [3.8, 4) is 5.75 Å². The Balaban J connectivity index is 1.97. The quantitative estimate of drug-likeness (QED) is 0.703. The van der Waals surface area contributed by atoms with E-state index in [9.17, 15) is 4.79 Å². The van der Waals surface area contributed by atoms with Crippen LogP contribution in [0.3, 0.4) is 0 Å². The Hall–Kier alpha value is -2.66. The van der Waals surface area contributed by atoms with Crippen molar-refractivity contribution < 1.29 is 9.53 Å². The number of amides is 1.